The molecule has 2 heteroatoms. The van der Waals surface area contributed by atoms with E-state index in [9.17, 15) is 10.2 Å². The second kappa shape index (κ2) is 5.12. The van der Waals surface area contributed by atoms with E-state index in [-0.39, 0.29) is 23.3 Å². The van der Waals surface area contributed by atoms with Crippen LogP contribution >= 0.6 is 0 Å². The predicted octanol–water partition coefficient (Wildman–Crippen LogP) is 4.42. The summed E-state index contributed by atoms with van der Waals surface area (Å²) in [5.41, 5.74) is 3.95. The van der Waals surface area contributed by atoms with Crippen LogP contribution in [0.25, 0.3) is 0 Å². The summed E-state index contributed by atoms with van der Waals surface area (Å²) in [7, 11) is 0. The summed E-state index contributed by atoms with van der Waals surface area (Å²) in [5.74, 6) is 0.790. The van der Waals surface area contributed by atoms with E-state index in [2.05, 4.69) is 19.6 Å². The SMILES string of the molecule is C=C(C)[C@H]1CC=C(C)C[C@@H]1c1c(O)cc(C)cc1O. The maximum absolute atomic E-state index is 10.2. The van der Waals surface area contributed by atoms with Gasteiger partial charge in [-0.05, 0) is 57.2 Å². The average Bonchev–Trinajstić information content (AvgIpc) is 2.27. The lowest BCUT2D eigenvalue weighted by Crippen LogP contribution is -2.18. The molecule has 0 amide bonds. The van der Waals surface area contributed by atoms with Crippen LogP contribution in [0.1, 0.15) is 43.7 Å². The van der Waals surface area contributed by atoms with Crippen LogP contribution in [0.2, 0.25) is 0 Å². The van der Waals surface area contributed by atoms with Gasteiger partial charge in [-0.1, -0.05) is 23.8 Å². The molecule has 2 rings (SSSR count). The lowest BCUT2D eigenvalue weighted by molar-refractivity contribution is 0.391. The molecular formula is C17H22O2. The number of hydrogen-bond acceptors (Lipinski definition) is 2. The van der Waals surface area contributed by atoms with Gasteiger partial charge >= 0.3 is 0 Å². The molecule has 2 N–H and O–H groups in total. The Bertz CT molecular complexity index is 517. The molecule has 0 saturated heterocycles. The van der Waals surface area contributed by atoms with Gasteiger partial charge < -0.3 is 10.2 Å². The molecule has 1 aliphatic rings. The maximum Gasteiger partial charge on any atom is 0.123 e. The summed E-state index contributed by atoms with van der Waals surface area (Å²) >= 11 is 0. The quantitative estimate of drug-likeness (QED) is 0.771. The third-order valence-electron chi connectivity index (χ3n) is 4.03. The van der Waals surface area contributed by atoms with Gasteiger partial charge in [-0.2, -0.15) is 0 Å². The van der Waals surface area contributed by atoms with Gasteiger partial charge in [0.1, 0.15) is 11.5 Å². The molecule has 0 spiro atoms. The summed E-state index contributed by atoms with van der Waals surface area (Å²) in [6, 6.07) is 3.44. The molecule has 0 unspecified atom stereocenters. The van der Waals surface area contributed by atoms with Crippen LogP contribution in [-0.2, 0) is 0 Å². The number of hydrogen-bond donors (Lipinski definition) is 2. The van der Waals surface area contributed by atoms with Crippen molar-refractivity contribution >= 4 is 0 Å². The summed E-state index contributed by atoms with van der Waals surface area (Å²) in [6.45, 7) is 10.1. The molecule has 2 atom stereocenters. The van der Waals surface area contributed by atoms with E-state index in [0.29, 0.717) is 5.56 Å². The van der Waals surface area contributed by atoms with Crippen molar-refractivity contribution in [2.45, 2.75) is 39.5 Å². The first kappa shape index (κ1) is 13.7. The Morgan fingerprint density at radius 2 is 1.79 bits per heavy atom. The summed E-state index contributed by atoms with van der Waals surface area (Å²) in [5, 5.41) is 20.4. The number of aryl methyl sites for hydroxylation is 1. The first-order valence-corrected chi connectivity index (χ1v) is 6.73. The van der Waals surface area contributed by atoms with Crippen molar-refractivity contribution in [1.29, 1.82) is 0 Å². The standard InChI is InChI=1S/C17H22O2/c1-10(2)13-6-5-11(3)7-14(13)17-15(18)8-12(4)9-16(17)19/h5,8-9,13-14,18-19H,1,6-7H2,2-4H3/t13-,14+/m1/s1. The number of aromatic hydroxyl groups is 2. The van der Waals surface area contributed by atoms with E-state index in [4.69, 9.17) is 0 Å². The number of phenols is 2. The maximum atomic E-state index is 10.2. The van der Waals surface area contributed by atoms with E-state index in [1.807, 2.05) is 13.8 Å². The molecule has 1 aromatic carbocycles. The summed E-state index contributed by atoms with van der Waals surface area (Å²) in [6.07, 6.45) is 4.03. The molecule has 0 aromatic heterocycles. The van der Waals surface area contributed by atoms with Gasteiger partial charge in [0, 0.05) is 11.5 Å². The van der Waals surface area contributed by atoms with Crippen molar-refractivity contribution in [3.63, 3.8) is 0 Å². The first-order valence-electron chi connectivity index (χ1n) is 6.73. The Balaban J connectivity index is 2.49. The van der Waals surface area contributed by atoms with E-state index < -0.39 is 0 Å². The van der Waals surface area contributed by atoms with Crippen LogP contribution < -0.4 is 0 Å². The fraction of sp³-hybridized carbons (Fsp3) is 0.412. The van der Waals surface area contributed by atoms with E-state index in [0.717, 1.165) is 24.0 Å². The van der Waals surface area contributed by atoms with Gasteiger partial charge in [0.15, 0.2) is 0 Å². The molecule has 0 fully saturated rings. The monoisotopic (exact) mass is 258 g/mol. The highest BCUT2D eigenvalue weighted by atomic mass is 16.3. The lowest BCUT2D eigenvalue weighted by Gasteiger charge is -2.32. The van der Waals surface area contributed by atoms with Crippen molar-refractivity contribution in [1.82, 2.24) is 0 Å². The Morgan fingerprint density at radius 3 is 2.32 bits per heavy atom. The molecule has 0 saturated carbocycles. The number of rotatable bonds is 2. The zero-order chi connectivity index (χ0) is 14.2. The Hall–Kier alpha value is -1.70. The van der Waals surface area contributed by atoms with Crippen molar-refractivity contribution in [3.8, 4) is 11.5 Å². The number of phenolic OH excluding ortho intramolecular Hbond substituents is 2. The lowest BCUT2D eigenvalue weighted by atomic mass is 9.72. The first-order chi connectivity index (χ1) is 8.90. The Kier molecular flexibility index (Phi) is 3.70. The van der Waals surface area contributed by atoms with Gasteiger partial charge in [0.25, 0.3) is 0 Å². The second-order valence-corrected chi connectivity index (χ2v) is 5.77. The van der Waals surface area contributed by atoms with Crippen LogP contribution in [0.15, 0.2) is 35.9 Å². The van der Waals surface area contributed by atoms with Gasteiger partial charge in [-0.15, -0.1) is 0 Å². The van der Waals surface area contributed by atoms with Crippen molar-refractivity contribution < 1.29 is 10.2 Å². The molecular weight excluding hydrogens is 236 g/mol. The van der Waals surface area contributed by atoms with E-state index in [1.165, 1.54) is 5.57 Å². The number of allylic oxidation sites excluding steroid dienone is 3. The van der Waals surface area contributed by atoms with E-state index >= 15 is 0 Å². The van der Waals surface area contributed by atoms with Crippen LogP contribution in [0.3, 0.4) is 0 Å². The minimum absolute atomic E-state index is 0.114. The number of benzene rings is 1. The zero-order valence-electron chi connectivity index (χ0n) is 11.9. The summed E-state index contributed by atoms with van der Waals surface area (Å²) < 4.78 is 0. The largest absolute Gasteiger partial charge is 0.508 e. The topological polar surface area (TPSA) is 40.5 Å². The van der Waals surface area contributed by atoms with Crippen molar-refractivity contribution in [3.05, 3.63) is 47.1 Å². The molecule has 0 radical (unpaired) electrons. The average molecular weight is 258 g/mol. The smallest absolute Gasteiger partial charge is 0.123 e. The minimum Gasteiger partial charge on any atom is -0.508 e. The van der Waals surface area contributed by atoms with Crippen molar-refractivity contribution in [2.24, 2.45) is 5.92 Å². The highest BCUT2D eigenvalue weighted by Crippen LogP contribution is 2.47. The highest BCUT2D eigenvalue weighted by Gasteiger charge is 2.30. The zero-order valence-corrected chi connectivity index (χ0v) is 11.9. The van der Waals surface area contributed by atoms with E-state index in [1.54, 1.807) is 12.1 Å². The predicted molar refractivity (Wildman–Crippen MR) is 78.5 cm³/mol. The van der Waals surface area contributed by atoms with Gasteiger partial charge in [-0.25, -0.2) is 0 Å². The third kappa shape index (κ3) is 2.67. The van der Waals surface area contributed by atoms with Crippen LogP contribution in [0.5, 0.6) is 11.5 Å². The minimum atomic E-state index is 0.114. The molecule has 102 valence electrons. The highest BCUT2D eigenvalue weighted by molar-refractivity contribution is 5.50. The van der Waals surface area contributed by atoms with Crippen molar-refractivity contribution in [2.75, 3.05) is 0 Å². The third-order valence-corrected chi connectivity index (χ3v) is 4.03. The fourth-order valence-corrected chi connectivity index (χ4v) is 3.05. The van der Waals surface area contributed by atoms with Gasteiger partial charge in [-0.3, -0.25) is 0 Å². The molecule has 2 nitrogen and oxygen atoms in total. The van der Waals surface area contributed by atoms with Crippen LogP contribution in [-0.4, -0.2) is 10.2 Å². The molecule has 0 aliphatic heterocycles. The fourth-order valence-electron chi connectivity index (χ4n) is 3.05. The molecule has 1 aromatic rings. The summed E-state index contributed by atoms with van der Waals surface area (Å²) in [4.78, 5) is 0. The van der Waals surface area contributed by atoms with Gasteiger partial charge in [0.05, 0.1) is 0 Å². The van der Waals surface area contributed by atoms with Crippen LogP contribution in [0.4, 0.5) is 0 Å². The molecule has 0 heterocycles. The van der Waals surface area contributed by atoms with Crippen LogP contribution in [0, 0.1) is 12.8 Å². The molecule has 1 aliphatic carbocycles. The second-order valence-electron chi connectivity index (χ2n) is 5.77. The molecule has 19 heavy (non-hydrogen) atoms. The molecule has 0 bridgehead atoms. The Labute approximate surface area is 115 Å². The normalized spacial score (nSPS) is 23.0. The Morgan fingerprint density at radius 1 is 1.21 bits per heavy atom. The van der Waals surface area contributed by atoms with Gasteiger partial charge in [0.2, 0.25) is 0 Å².